The van der Waals surface area contributed by atoms with Gasteiger partial charge in [-0.25, -0.2) is 0 Å². The van der Waals surface area contributed by atoms with E-state index >= 15 is 0 Å². The van der Waals surface area contributed by atoms with Crippen LogP contribution in [0.3, 0.4) is 0 Å². The quantitative estimate of drug-likeness (QED) is 0.846. The molecule has 0 amide bonds. The highest BCUT2D eigenvalue weighted by Crippen LogP contribution is 2.27. The molecule has 17 heavy (non-hydrogen) atoms. The van der Waals surface area contributed by atoms with Crippen molar-refractivity contribution in [1.29, 1.82) is 0 Å². The summed E-state index contributed by atoms with van der Waals surface area (Å²) in [7, 11) is 1.64. The normalized spacial score (nSPS) is 10.2. The van der Waals surface area contributed by atoms with Crippen LogP contribution in [0.2, 0.25) is 0 Å². The largest absolute Gasteiger partial charge is 0.497 e. The smallest absolute Gasteiger partial charge is 0.121 e. The Hall–Kier alpha value is -1.20. The summed E-state index contributed by atoms with van der Waals surface area (Å²) in [5.41, 5.74) is 7.51. The second-order valence-corrected chi connectivity index (χ2v) is 6.06. The molecule has 5 heteroatoms. The first-order valence-electron chi connectivity index (χ1n) is 5.10. The molecule has 0 unspecified atom stereocenters. The molecule has 1 aromatic carbocycles. The zero-order chi connectivity index (χ0) is 12.3. The SMILES string of the molecule is COc1ccc(N)c(NCc2ccc(Br)s2)c1. The molecule has 0 spiro atoms. The average Bonchev–Trinajstić information content (AvgIpc) is 2.74. The fraction of sp³-hybridized carbons (Fsp3) is 0.167. The minimum Gasteiger partial charge on any atom is -0.497 e. The van der Waals surface area contributed by atoms with Gasteiger partial charge in [0.1, 0.15) is 5.75 Å². The summed E-state index contributed by atoms with van der Waals surface area (Å²) >= 11 is 5.15. The van der Waals surface area contributed by atoms with E-state index in [1.165, 1.54) is 4.88 Å². The molecule has 1 aromatic heterocycles. The van der Waals surface area contributed by atoms with Gasteiger partial charge in [0.15, 0.2) is 0 Å². The van der Waals surface area contributed by atoms with Crippen molar-refractivity contribution in [1.82, 2.24) is 0 Å². The van der Waals surface area contributed by atoms with E-state index in [1.807, 2.05) is 24.3 Å². The molecule has 2 rings (SSSR count). The topological polar surface area (TPSA) is 47.3 Å². The molecule has 2 aromatic rings. The third kappa shape index (κ3) is 3.14. The number of nitrogens with one attached hydrogen (secondary N) is 1. The van der Waals surface area contributed by atoms with Gasteiger partial charge in [0, 0.05) is 17.5 Å². The number of nitrogen functional groups attached to an aromatic ring is 1. The van der Waals surface area contributed by atoms with Crippen LogP contribution >= 0.6 is 27.3 Å². The number of hydrogen-bond acceptors (Lipinski definition) is 4. The second kappa shape index (κ2) is 5.42. The van der Waals surface area contributed by atoms with Crippen LogP contribution in [-0.4, -0.2) is 7.11 Å². The molecule has 3 nitrogen and oxygen atoms in total. The van der Waals surface area contributed by atoms with Crippen LogP contribution in [0, 0.1) is 0 Å². The maximum absolute atomic E-state index is 5.89. The highest BCUT2D eigenvalue weighted by Gasteiger charge is 2.02. The molecule has 1 heterocycles. The molecular formula is C12H13BrN2OS. The van der Waals surface area contributed by atoms with Gasteiger partial charge in [-0.2, -0.15) is 0 Å². The summed E-state index contributed by atoms with van der Waals surface area (Å²) < 4.78 is 6.30. The Morgan fingerprint density at radius 2 is 2.18 bits per heavy atom. The Balaban J connectivity index is 2.07. The van der Waals surface area contributed by atoms with E-state index in [0.717, 1.165) is 27.5 Å². The van der Waals surface area contributed by atoms with Crippen LogP contribution in [0.5, 0.6) is 5.75 Å². The molecule has 0 aliphatic rings. The molecule has 0 fully saturated rings. The predicted molar refractivity (Wildman–Crippen MR) is 76.8 cm³/mol. The Bertz CT molecular complexity index is 513. The highest BCUT2D eigenvalue weighted by molar-refractivity contribution is 9.11. The van der Waals surface area contributed by atoms with Gasteiger partial charge in [-0.1, -0.05) is 0 Å². The Morgan fingerprint density at radius 1 is 1.35 bits per heavy atom. The maximum atomic E-state index is 5.89. The number of nitrogens with two attached hydrogens (primary N) is 1. The molecule has 90 valence electrons. The number of ether oxygens (including phenoxy) is 1. The maximum Gasteiger partial charge on any atom is 0.121 e. The average molecular weight is 313 g/mol. The summed E-state index contributed by atoms with van der Waals surface area (Å²) in [5, 5.41) is 3.30. The molecular weight excluding hydrogens is 300 g/mol. The van der Waals surface area contributed by atoms with Gasteiger partial charge in [-0.05, 0) is 40.2 Å². The van der Waals surface area contributed by atoms with E-state index in [4.69, 9.17) is 10.5 Å². The second-order valence-electron chi connectivity index (χ2n) is 3.51. The number of rotatable bonds is 4. The predicted octanol–water partition coefficient (Wildman–Crippen LogP) is 3.71. The van der Waals surface area contributed by atoms with Crippen molar-refractivity contribution in [2.75, 3.05) is 18.2 Å². The standard InChI is InChI=1S/C12H13BrN2OS/c1-16-8-2-4-10(14)11(6-8)15-7-9-3-5-12(13)17-9/h2-6,15H,7,14H2,1H3. The monoisotopic (exact) mass is 312 g/mol. The lowest BCUT2D eigenvalue weighted by molar-refractivity contribution is 0.415. The van der Waals surface area contributed by atoms with Crippen molar-refractivity contribution >= 4 is 38.6 Å². The number of hydrogen-bond donors (Lipinski definition) is 2. The van der Waals surface area contributed by atoms with Crippen molar-refractivity contribution in [2.24, 2.45) is 0 Å². The van der Waals surface area contributed by atoms with Crippen LogP contribution in [0.1, 0.15) is 4.88 Å². The Kier molecular flexibility index (Phi) is 3.91. The van der Waals surface area contributed by atoms with Gasteiger partial charge in [-0.15, -0.1) is 11.3 Å². The van der Waals surface area contributed by atoms with E-state index in [0.29, 0.717) is 0 Å². The number of benzene rings is 1. The van der Waals surface area contributed by atoms with Crippen LogP contribution in [0.25, 0.3) is 0 Å². The summed E-state index contributed by atoms with van der Waals surface area (Å²) in [6, 6.07) is 9.71. The molecule has 0 aliphatic heterocycles. The molecule has 0 aliphatic carbocycles. The number of anilines is 2. The lowest BCUT2D eigenvalue weighted by atomic mass is 10.2. The zero-order valence-electron chi connectivity index (χ0n) is 9.37. The lowest BCUT2D eigenvalue weighted by Gasteiger charge is -2.10. The first-order chi connectivity index (χ1) is 8.19. The summed E-state index contributed by atoms with van der Waals surface area (Å²) in [6.45, 7) is 0.758. The van der Waals surface area contributed by atoms with E-state index < -0.39 is 0 Å². The van der Waals surface area contributed by atoms with Crippen LogP contribution in [-0.2, 0) is 6.54 Å². The molecule has 0 saturated carbocycles. The fourth-order valence-corrected chi connectivity index (χ4v) is 2.87. The molecule has 3 N–H and O–H groups in total. The van der Waals surface area contributed by atoms with Crippen molar-refractivity contribution in [3.05, 3.63) is 39.0 Å². The van der Waals surface area contributed by atoms with Crippen LogP contribution in [0.4, 0.5) is 11.4 Å². The van der Waals surface area contributed by atoms with Crippen molar-refractivity contribution in [3.63, 3.8) is 0 Å². The van der Waals surface area contributed by atoms with Gasteiger partial charge in [0.25, 0.3) is 0 Å². The van der Waals surface area contributed by atoms with Gasteiger partial charge in [0.2, 0.25) is 0 Å². The van der Waals surface area contributed by atoms with Gasteiger partial charge < -0.3 is 15.8 Å². The van der Waals surface area contributed by atoms with E-state index in [2.05, 4.69) is 27.3 Å². The van der Waals surface area contributed by atoms with Crippen molar-refractivity contribution in [2.45, 2.75) is 6.54 Å². The third-order valence-electron chi connectivity index (χ3n) is 2.34. The Labute approximate surface area is 113 Å². The number of halogens is 1. The highest BCUT2D eigenvalue weighted by atomic mass is 79.9. The molecule has 0 saturated heterocycles. The van der Waals surface area contributed by atoms with Crippen LogP contribution < -0.4 is 15.8 Å². The van der Waals surface area contributed by atoms with E-state index in [-0.39, 0.29) is 0 Å². The summed E-state index contributed by atoms with van der Waals surface area (Å²) in [4.78, 5) is 1.25. The number of thiophene rings is 1. The minimum atomic E-state index is 0.724. The molecule has 0 atom stereocenters. The number of methoxy groups -OCH3 is 1. The van der Waals surface area contributed by atoms with Crippen LogP contribution in [0.15, 0.2) is 34.1 Å². The van der Waals surface area contributed by atoms with E-state index in [1.54, 1.807) is 18.4 Å². The zero-order valence-corrected chi connectivity index (χ0v) is 11.8. The lowest BCUT2D eigenvalue weighted by Crippen LogP contribution is -2.01. The Morgan fingerprint density at radius 3 is 2.82 bits per heavy atom. The first-order valence-corrected chi connectivity index (χ1v) is 6.71. The van der Waals surface area contributed by atoms with Gasteiger partial charge in [0.05, 0.1) is 22.3 Å². The fourth-order valence-electron chi connectivity index (χ4n) is 1.44. The third-order valence-corrected chi connectivity index (χ3v) is 3.97. The first kappa shape index (κ1) is 12.3. The van der Waals surface area contributed by atoms with Gasteiger partial charge in [-0.3, -0.25) is 0 Å². The molecule has 0 radical (unpaired) electrons. The van der Waals surface area contributed by atoms with Crippen molar-refractivity contribution in [3.8, 4) is 5.75 Å². The summed E-state index contributed by atoms with van der Waals surface area (Å²) in [5.74, 6) is 0.800. The van der Waals surface area contributed by atoms with Gasteiger partial charge >= 0.3 is 0 Å². The minimum absolute atomic E-state index is 0.724. The van der Waals surface area contributed by atoms with E-state index in [9.17, 15) is 0 Å². The van der Waals surface area contributed by atoms with Crippen molar-refractivity contribution < 1.29 is 4.74 Å². The summed E-state index contributed by atoms with van der Waals surface area (Å²) in [6.07, 6.45) is 0. The molecule has 0 bridgehead atoms.